The fourth-order valence-corrected chi connectivity index (χ4v) is 1.30. The van der Waals surface area contributed by atoms with E-state index in [0.29, 0.717) is 0 Å². The molecule has 0 aliphatic rings. The average molecular weight is 182 g/mol. The molecule has 1 heterocycles. The second-order valence-electron chi connectivity index (χ2n) is 5.50. The molecular weight excluding hydrogens is 162 g/mol. The predicted molar refractivity (Wildman–Crippen MR) is 52.5 cm³/mol. The van der Waals surface area contributed by atoms with Crippen LogP contribution in [0.1, 0.15) is 47.2 Å². The summed E-state index contributed by atoms with van der Waals surface area (Å²) < 4.78 is 2.12. The monoisotopic (exact) mass is 182 g/mol. The summed E-state index contributed by atoms with van der Waals surface area (Å²) in [5.74, 6) is 0. The molecule has 3 nitrogen and oxygen atoms in total. The maximum Gasteiger partial charge on any atom is 0.209 e. The molecule has 0 saturated heterocycles. The van der Waals surface area contributed by atoms with Crippen molar-refractivity contribution in [2.75, 3.05) is 0 Å². The first kappa shape index (κ1) is 10.2. The van der Waals surface area contributed by atoms with Gasteiger partial charge in [-0.05, 0) is 20.8 Å². The van der Waals surface area contributed by atoms with Crippen molar-refractivity contribution in [3.05, 3.63) is 11.9 Å². The van der Waals surface area contributed by atoms with E-state index in [1.165, 1.54) is 5.69 Å². The number of aromatic amines is 1. The normalized spacial score (nSPS) is 13.4. The molecule has 1 aromatic rings. The van der Waals surface area contributed by atoms with Gasteiger partial charge in [0.15, 0.2) is 5.69 Å². The van der Waals surface area contributed by atoms with Gasteiger partial charge in [-0.3, -0.25) is 0 Å². The number of hydrogen-bond donors (Lipinski definition) is 1. The quantitative estimate of drug-likeness (QED) is 0.609. The first-order chi connectivity index (χ1) is 5.73. The van der Waals surface area contributed by atoms with E-state index in [0.717, 1.165) is 0 Å². The molecule has 1 N–H and O–H groups in total. The molecule has 0 unspecified atom stereocenters. The minimum absolute atomic E-state index is 0.0686. The Morgan fingerprint density at radius 3 is 2.00 bits per heavy atom. The topological polar surface area (TPSA) is 32.6 Å². The number of nitrogens with zero attached hydrogens (tertiary/aromatic N) is 2. The van der Waals surface area contributed by atoms with Gasteiger partial charge in [0.2, 0.25) is 6.20 Å². The summed E-state index contributed by atoms with van der Waals surface area (Å²) in [7, 11) is 0. The van der Waals surface area contributed by atoms with Crippen molar-refractivity contribution < 1.29 is 4.68 Å². The summed E-state index contributed by atoms with van der Waals surface area (Å²) in [5.41, 5.74) is 1.44. The highest BCUT2D eigenvalue weighted by atomic mass is 15.4. The van der Waals surface area contributed by atoms with Crippen LogP contribution in [-0.2, 0) is 11.0 Å². The Balaban J connectivity index is 3.19. The van der Waals surface area contributed by atoms with Crippen LogP contribution in [0.2, 0.25) is 0 Å². The van der Waals surface area contributed by atoms with E-state index in [-0.39, 0.29) is 11.0 Å². The van der Waals surface area contributed by atoms with Crippen LogP contribution in [0, 0.1) is 0 Å². The van der Waals surface area contributed by atoms with E-state index in [1.54, 1.807) is 0 Å². The van der Waals surface area contributed by atoms with E-state index < -0.39 is 0 Å². The van der Waals surface area contributed by atoms with Crippen molar-refractivity contribution in [3.63, 3.8) is 0 Å². The van der Waals surface area contributed by atoms with Crippen LogP contribution < -0.4 is 4.68 Å². The van der Waals surface area contributed by atoms with E-state index >= 15 is 0 Å². The molecule has 0 atom stereocenters. The van der Waals surface area contributed by atoms with E-state index in [9.17, 15) is 0 Å². The lowest BCUT2D eigenvalue weighted by Crippen LogP contribution is -2.56. The van der Waals surface area contributed by atoms with Crippen LogP contribution in [0.25, 0.3) is 0 Å². The van der Waals surface area contributed by atoms with Crippen molar-refractivity contribution in [3.8, 4) is 0 Å². The van der Waals surface area contributed by atoms with Crippen LogP contribution in [0.15, 0.2) is 6.20 Å². The van der Waals surface area contributed by atoms with Crippen LogP contribution in [-0.4, -0.2) is 10.3 Å². The molecule has 0 aliphatic carbocycles. The summed E-state index contributed by atoms with van der Waals surface area (Å²) in [6, 6.07) is 0. The Hall–Kier alpha value is -0.860. The summed E-state index contributed by atoms with van der Waals surface area (Å²) >= 11 is 0. The maximum absolute atomic E-state index is 4.09. The third-order valence-corrected chi connectivity index (χ3v) is 2.02. The molecule has 0 saturated carbocycles. The van der Waals surface area contributed by atoms with Crippen LogP contribution >= 0.6 is 0 Å². The van der Waals surface area contributed by atoms with Gasteiger partial charge in [0, 0.05) is 10.5 Å². The van der Waals surface area contributed by atoms with Crippen molar-refractivity contribution in [2.24, 2.45) is 0 Å². The third kappa shape index (κ3) is 2.08. The van der Waals surface area contributed by atoms with Gasteiger partial charge < -0.3 is 0 Å². The zero-order valence-corrected chi connectivity index (χ0v) is 9.47. The smallest absolute Gasteiger partial charge is 0.154 e. The van der Waals surface area contributed by atoms with Gasteiger partial charge in [-0.1, -0.05) is 26.0 Å². The zero-order valence-electron chi connectivity index (χ0n) is 9.47. The number of nitrogens with one attached hydrogen (secondary N) is 1. The number of aromatic nitrogens is 3. The highest BCUT2D eigenvalue weighted by Gasteiger charge is 2.31. The van der Waals surface area contributed by atoms with Gasteiger partial charge in [-0.25, -0.2) is 0 Å². The second kappa shape index (κ2) is 2.82. The Labute approximate surface area is 80.1 Å². The summed E-state index contributed by atoms with van der Waals surface area (Å²) in [5, 5.41) is 7.11. The van der Waals surface area contributed by atoms with Crippen molar-refractivity contribution in [2.45, 2.75) is 52.5 Å². The van der Waals surface area contributed by atoms with Gasteiger partial charge in [0.05, 0.1) is 0 Å². The van der Waals surface area contributed by atoms with Gasteiger partial charge >= 0.3 is 0 Å². The second-order valence-corrected chi connectivity index (χ2v) is 5.50. The minimum atomic E-state index is 0.0686. The fraction of sp³-hybridized carbons (Fsp3) is 0.800. The van der Waals surface area contributed by atoms with Crippen molar-refractivity contribution >= 4 is 0 Å². The number of hydrogen-bond acceptors (Lipinski definition) is 1. The van der Waals surface area contributed by atoms with Gasteiger partial charge in [-0.15, -0.1) is 0 Å². The SMILES string of the molecule is CC(C)(C)c1cn[nH][n+]1C(C)(C)C. The standard InChI is InChI=1S/C10H19N3/c1-9(2,3)8-7-11-12-13(8)10(4,5)6/h7H,1-6H3/p+1. The molecule has 1 rings (SSSR count). The molecule has 0 radical (unpaired) electrons. The average Bonchev–Trinajstić information content (AvgIpc) is 2.27. The van der Waals surface area contributed by atoms with Crippen molar-refractivity contribution in [1.29, 1.82) is 0 Å². The first-order valence-electron chi connectivity index (χ1n) is 4.69. The molecule has 0 amide bonds. The lowest BCUT2D eigenvalue weighted by atomic mass is 9.91. The minimum Gasteiger partial charge on any atom is -0.154 e. The Morgan fingerprint density at radius 2 is 1.69 bits per heavy atom. The summed E-state index contributed by atoms with van der Waals surface area (Å²) in [6.45, 7) is 13.1. The molecule has 3 heteroatoms. The lowest BCUT2D eigenvalue weighted by Gasteiger charge is -2.21. The van der Waals surface area contributed by atoms with Crippen molar-refractivity contribution in [1.82, 2.24) is 10.3 Å². The van der Waals surface area contributed by atoms with E-state index in [4.69, 9.17) is 0 Å². The predicted octanol–water partition coefficient (Wildman–Crippen LogP) is 1.75. The molecule has 74 valence electrons. The van der Waals surface area contributed by atoms with E-state index in [1.807, 2.05) is 6.20 Å². The summed E-state index contributed by atoms with van der Waals surface area (Å²) in [6.07, 6.45) is 1.91. The highest BCUT2D eigenvalue weighted by molar-refractivity contribution is 5.00. The zero-order chi connectivity index (χ0) is 10.3. The molecule has 0 aromatic carbocycles. The largest absolute Gasteiger partial charge is 0.209 e. The van der Waals surface area contributed by atoms with Gasteiger partial charge in [0.25, 0.3) is 0 Å². The van der Waals surface area contributed by atoms with Crippen LogP contribution in [0.4, 0.5) is 0 Å². The number of H-pyrrole nitrogens is 1. The number of rotatable bonds is 0. The molecule has 0 fully saturated rings. The molecule has 0 aliphatic heterocycles. The van der Waals surface area contributed by atoms with Crippen LogP contribution in [0.3, 0.4) is 0 Å². The molecule has 13 heavy (non-hydrogen) atoms. The summed E-state index contributed by atoms with van der Waals surface area (Å²) in [4.78, 5) is 0. The molecule has 0 bridgehead atoms. The van der Waals surface area contributed by atoms with Crippen LogP contribution in [0.5, 0.6) is 0 Å². The fourth-order valence-electron chi connectivity index (χ4n) is 1.30. The van der Waals surface area contributed by atoms with Gasteiger partial charge in [0.1, 0.15) is 5.54 Å². The Bertz CT molecular complexity index is 257. The van der Waals surface area contributed by atoms with Gasteiger partial charge in [-0.2, -0.15) is 4.68 Å². The molecule has 0 spiro atoms. The first-order valence-corrected chi connectivity index (χ1v) is 4.69. The molecular formula is C10H20N3+. The third-order valence-electron chi connectivity index (χ3n) is 2.02. The Kier molecular flexibility index (Phi) is 2.22. The maximum atomic E-state index is 4.09. The highest BCUT2D eigenvalue weighted by Crippen LogP contribution is 2.19. The van der Waals surface area contributed by atoms with E-state index in [2.05, 4.69) is 56.5 Å². The molecule has 1 aromatic heterocycles. The lowest BCUT2D eigenvalue weighted by molar-refractivity contribution is -0.813. The Morgan fingerprint density at radius 1 is 1.15 bits per heavy atom.